The summed E-state index contributed by atoms with van der Waals surface area (Å²) in [6, 6.07) is 2.03. The molecular formula is C15H20ClNOS. The maximum atomic E-state index is 8.54. The van der Waals surface area contributed by atoms with Crippen molar-refractivity contribution in [1.29, 1.82) is 5.26 Å². The summed E-state index contributed by atoms with van der Waals surface area (Å²) in [6.07, 6.45) is 2.85. The normalized spacial score (nSPS) is 10.3. The van der Waals surface area contributed by atoms with Crippen LogP contribution in [0.3, 0.4) is 0 Å². The third kappa shape index (κ3) is 4.63. The van der Waals surface area contributed by atoms with E-state index in [1.165, 1.54) is 17.3 Å². The molecule has 1 aromatic rings. The van der Waals surface area contributed by atoms with Gasteiger partial charge in [-0.05, 0) is 67.6 Å². The van der Waals surface area contributed by atoms with Crippen molar-refractivity contribution >= 4 is 23.4 Å². The Labute approximate surface area is 125 Å². The smallest absolute Gasteiger partial charge is 0.133 e. The fourth-order valence-corrected chi connectivity index (χ4v) is 2.53. The zero-order valence-electron chi connectivity index (χ0n) is 11.8. The van der Waals surface area contributed by atoms with Gasteiger partial charge in [-0.3, -0.25) is 0 Å². The van der Waals surface area contributed by atoms with E-state index in [-0.39, 0.29) is 0 Å². The summed E-state index contributed by atoms with van der Waals surface area (Å²) in [7, 11) is 0. The highest BCUT2D eigenvalue weighted by atomic mass is 35.5. The zero-order valence-corrected chi connectivity index (χ0v) is 13.3. The van der Waals surface area contributed by atoms with Crippen molar-refractivity contribution in [3.05, 3.63) is 27.8 Å². The molecule has 0 amide bonds. The quantitative estimate of drug-likeness (QED) is 0.530. The molecular weight excluding hydrogens is 278 g/mol. The highest BCUT2D eigenvalue weighted by Crippen LogP contribution is 2.32. The van der Waals surface area contributed by atoms with Crippen LogP contribution in [0.25, 0.3) is 0 Å². The SMILES string of the molecule is CCCOc1cc(C)c(Cl)c(C)c1CCCSC#N. The van der Waals surface area contributed by atoms with Crippen molar-refractivity contribution in [2.45, 2.75) is 40.0 Å². The van der Waals surface area contributed by atoms with E-state index < -0.39 is 0 Å². The van der Waals surface area contributed by atoms with Crippen LogP contribution in [0.1, 0.15) is 36.5 Å². The molecule has 0 aromatic heterocycles. The van der Waals surface area contributed by atoms with E-state index in [0.29, 0.717) is 0 Å². The summed E-state index contributed by atoms with van der Waals surface area (Å²) in [5.74, 6) is 1.79. The Balaban J connectivity index is 2.91. The molecule has 4 heteroatoms. The Morgan fingerprint density at radius 3 is 2.79 bits per heavy atom. The molecule has 1 aromatic carbocycles. The Hall–Kier alpha value is -0.850. The van der Waals surface area contributed by atoms with Crippen molar-refractivity contribution in [1.82, 2.24) is 0 Å². The second kappa shape index (κ2) is 8.35. The van der Waals surface area contributed by atoms with Crippen LogP contribution >= 0.6 is 23.4 Å². The van der Waals surface area contributed by atoms with Crippen LogP contribution in [0.2, 0.25) is 5.02 Å². The predicted octanol–water partition coefficient (Wildman–Crippen LogP) is 4.89. The lowest BCUT2D eigenvalue weighted by atomic mass is 10.0. The number of nitrogens with zero attached hydrogens (tertiary/aromatic N) is 1. The van der Waals surface area contributed by atoms with Crippen LogP contribution in [-0.4, -0.2) is 12.4 Å². The number of rotatable bonds is 7. The molecule has 0 saturated carbocycles. The minimum absolute atomic E-state index is 0.723. The molecule has 2 nitrogen and oxygen atoms in total. The van der Waals surface area contributed by atoms with Gasteiger partial charge in [-0.1, -0.05) is 18.5 Å². The molecule has 0 aliphatic rings. The summed E-state index contributed by atoms with van der Waals surface area (Å²) in [5.41, 5.74) is 3.35. The lowest BCUT2D eigenvalue weighted by molar-refractivity contribution is 0.313. The molecule has 0 radical (unpaired) electrons. The van der Waals surface area contributed by atoms with Crippen LogP contribution in [0.5, 0.6) is 5.75 Å². The monoisotopic (exact) mass is 297 g/mol. The Morgan fingerprint density at radius 2 is 2.16 bits per heavy atom. The molecule has 0 heterocycles. The Kier molecular flexibility index (Phi) is 7.12. The summed E-state index contributed by atoms with van der Waals surface area (Å²) in [6.45, 7) is 6.86. The van der Waals surface area contributed by atoms with Crippen LogP contribution in [0.4, 0.5) is 0 Å². The lowest BCUT2D eigenvalue weighted by Crippen LogP contribution is -2.03. The van der Waals surface area contributed by atoms with Gasteiger partial charge in [0.1, 0.15) is 11.2 Å². The Morgan fingerprint density at radius 1 is 1.42 bits per heavy atom. The van der Waals surface area contributed by atoms with Gasteiger partial charge in [0, 0.05) is 10.8 Å². The molecule has 1 rings (SSSR count). The van der Waals surface area contributed by atoms with Crippen LogP contribution in [0, 0.1) is 24.5 Å². The van der Waals surface area contributed by atoms with Crippen molar-refractivity contribution in [3.63, 3.8) is 0 Å². The fraction of sp³-hybridized carbons (Fsp3) is 0.533. The molecule has 104 valence electrons. The molecule has 0 unspecified atom stereocenters. The molecule has 0 aliphatic heterocycles. The van der Waals surface area contributed by atoms with Crippen molar-refractivity contribution in [3.8, 4) is 11.2 Å². The van der Waals surface area contributed by atoms with Crippen LogP contribution < -0.4 is 4.74 Å². The fourth-order valence-electron chi connectivity index (χ4n) is 1.98. The van der Waals surface area contributed by atoms with Gasteiger partial charge < -0.3 is 4.74 Å². The first-order valence-electron chi connectivity index (χ1n) is 6.54. The van der Waals surface area contributed by atoms with Crippen LogP contribution in [0.15, 0.2) is 6.07 Å². The van der Waals surface area contributed by atoms with E-state index in [1.807, 2.05) is 19.9 Å². The van der Waals surface area contributed by atoms with Crippen LogP contribution in [-0.2, 0) is 6.42 Å². The predicted molar refractivity (Wildman–Crippen MR) is 83.1 cm³/mol. The maximum Gasteiger partial charge on any atom is 0.133 e. The maximum absolute atomic E-state index is 8.54. The standard InChI is InChI=1S/C15H20ClNOS/c1-4-7-18-14-9-11(2)15(16)12(3)13(14)6-5-8-19-10-17/h9H,4-8H2,1-3H3. The van der Waals surface area contributed by atoms with E-state index in [2.05, 4.69) is 12.3 Å². The second-order valence-corrected chi connectivity index (χ2v) is 5.76. The van der Waals surface area contributed by atoms with Gasteiger partial charge in [-0.2, -0.15) is 5.26 Å². The number of benzene rings is 1. The number of nitriles is 1. The highest BCUT2D eigenvalue weighted by molar-refractivity contribution is 8.03. The van der Waals surface area contributed by atoms with Gasteiger partial charge in [-0.15, -0.1) is 0 Å². The van der Waals surface area contributed by atoms with E-state index in [4.69, 9.17) is 21.6 Å². The minimum atomic E-state index is 0.723. The van der Waals surface area contributed by atoms with E-state index in [0.717, 1.165) is 53.5 Å². The molecule has 0 bridgehead atoms. The molecule has 0 N–H and O–H groups in total. The number of thioether (sulfide) groups is 1. The molecule has 0 atom stereocenters. The van der Waals surface area contributed by atoms with Gasteiger partial charge >= 0.3 is 0 Å². The number of ether oxygens (including phenoxy) is 1. The second-order valence-electron chi connectivity index (χ2n) is 4.50. The Bertz CT molecular complexity index is 468. The topological polar surface area (TPSA) is 33.0 Å². The number of thiocyanates is 1. The third-order valence-electron chi connectivity index (χ3n) is 2.97. The first-order valence-corrected chi connectivity index (χ1v) is 7.90. The van der Waals surface area contributed by atoms with Gasteiger partial charge in [0.2, 0.25) is 0 Å². The summed E-state index contributed by atoms with van der Waals surface area (Å²) in [5, 5.41) is 11.5. The van der Waals surface area contributed by atoms with Gasteiger partial charge in [0.25, 0.3) is 0 Å². The molecule has 0 spiro atoms. The third-order valence-corrected chi connectivity index (χ3v) is 4.18. The average molecular weight is 298 g/mol. The highest BCUT2D eigenvalue weighted by Gasteiger charge is 2.12. The minimum Gasteiger partial charge on any atom is -0.493 e. The average Bonchev–Trinajstić information content (AvgIpc) is 2.41. The number of hydrogen-bond acceptors (Lipinski definition) is 3. The number of aryl methyl sites for hydroxylation is 1. The first kappa shape index (κ1) is 16.2. The number of hydrogen-bond donors (Lipinski definition) is 0. The van der Waals surface area contributed by atoms with Gasteiger partial charge in [-0.25, -0.2) is 0 Å². The molecule has 19 heavy (non-hydrogen) atoms. The van der Waals surface area contributed by atoms with E-state index in [1.54, 1.807) is 0 Å². The molecule has 0 fully saturated rings. The van der Waals surface area contributed by atoms with Crippen molar-refractivity contribution in [2.24, 2.45) is 0 Å². The summed E-state index contributed by atoms with van der Waals surface area (Å²) in [4.78, 5) is 0. The largest absolute Gasteiger partial charge is 0.493 e. The summed E-state index contributed by atoms with van der Waals surface area (Å²) >= 11 is 7.61. The molecule has 0 aliphatic carbocycles. The van der Waals surface area contributed by atoms with E-state index in [9.17, 15) is 0 Å². The summed E-state index contributed by atoms with van der Waals surface area (Å²) < 4.78 is 5.83. The van der Waals surface area contributed by atoms with E-state index >= 15 is 0 Å². The van der Waals surface area contributed by atoms with Crippen molar-refractivity contribution < 1.29 is 4.74 Å². The molecule has 0 saturated heterocycles. The first-order chi connectivity index (χ1) is 9.11. The lowest BCUT2D eigenvalue weighted by Gasteiger charge is -2.16. The van der Waals surface area contributed by atoms with Gasteiger partial charge in [0.15, 0.2) is 0 Å². The zero-order chi connectivity index (χ0) is 14.3. The van der Waals surface area contributed by atoms with Gasteiger partial charge in [0.05, 0.1) is 6.61 Å². The van der Waals surface area contributed by atoms with Crippen molar-refractivity contribution in [2.75, 3.05) is 12.4 Å². The number of halogens is 1.